The van der Waals surface area contributed by atoms with Crippen molar-refractivity contribution in [1.82, 2.24) is 4.98 Å². The maximum absolute atomic E-state index is 12.6. The summed E-state index contributed by atoms with van der Waals surface area (Å²) in [5, 5.41) is 0. The van der Waals surface area contributed by atoms with Gasteiger partial charge in [-0.05, 0) is 60.9 Å². The SMILES string of the molecule is COc1ccc(S(=O)(=O)Nc2ccc(N3CCCc4ccccc43)nc2)cc1. The summed E-state index contributed by atoms with van der Waals surface area (Å²) in [5.41, 5.74) is 2.89. The Bertz CT molecular complexity index is 1060. The number of aromatic nitrogens is 1. The summed E-state index contributed by atoms with van der Waals surface area (Å²) in [6, 6.07) is 18.1. The quantitative estimate of drug-likeness (QED) is 0.708. The van der Waals surface area contributed by atoms with Gasteiger partial charge in [-0.15, -0.1) is 0 Å². The lowest BCUT2D eigenvalue weighted by molar-refractivity contribution is 0.414. The zero-order valence-electron chi connectivity index (χ0n) is 15.5. The summed E-state index contributed by atoms with van der Waals surface area (Å²) in [5.74, 6) is 1.41. The molecule has 0 saturated carbocycles. The first-order valence-corrected chi connectivity index (χ1v) is 10.5. The van der Waals surface area contributed by atoms with Crippen molar-refractivity contribution >= 4 is 27.2 Å². The van der Waals surface area contributed by atoms with Crippen LogP contribution in [-0.2, 0) is 16.4 Å². The molecular formula is C21H21N3O3S. The number of rotatable bonds is 5. The Hall–Kier alpha value is -3.06. The highest BCUT2D eigenvalue weighted by molar-refractivity contribution is 7.92. The molecule has 0 unspecified atom stereocenters. The van der Waals surface area contributed by atoms with E-state index in [1.165, 1.54) is 24.8 Å². The number of anilines is 3. The number of aryl methyl sites for hydroxylation is 1. The number of sulfonamides is 1. The van der Waals surface area contributed by atoms with Gasteiger partial charge < -0.3 is 9.64 Å². The van der Waals surface area contributed by atoms with Crippen molar-refractivity contribution in [2.24, 2.45) is 0 Å². The van der Waals surface area contributed by atoms with E-state index in [1.54, 1.807) is 24.4 Å². The first-order valence-electron chi connectivity index (χ1n) is 9.05. The summed E-state index contributed by atoms with van der Waals surface area (Å²) in [6.07, 6.45) is 3.67. The Kier molecular flexibility index (Phi) is 4.92. The summed E-state index contributed by atoms with van der Waals surface area (Å²) >= 11 is 0. The Morgan fingerprint density at radius 2 is 1.82 bits per heavy atom. The number of ether oxygens (including phenoxy) is 1. The smallest absolute Gasteiger partial charge is 0.261 e. The van der Waals surface area contributed by atoms with E-state index in [9.17, 15) is 8.42 Å². The number of nitrogens with zero attached hydrogens (tertiary/aromatic N) is 2. The molecule has 1 N–H and O–H groups in total. The van der Waals surface area contributed by atoms with Gasteiger partial charge in [0.15, 0.2) is 0 Å². The molecule has 3 aromatic rings. The average Bonchev–Trinajstić information content (AvgIpc) is 2.74. The molecule has 1 aliphatic heterocycles. The van der Waals surface area contributed by atoms with Gasteiger partial charge in [0.05, 0.1) is 23.9 Å². The number of hydrogen-bond donors (Lipinski definition) is 1. The van der Waals surface area contributed by atoms with Gasteiger partial charge in [-0.3, -0.25) is 4.72 Å². The van der Waals surface area contributed by atoms with E-state index in [1.807, 2.05) is 18.2 Å². The molecule has 0 bridgehead atoms. The first-order chi connectivity index (χ1) is 13.6. The van der Waals surface area contributed by atoms with Crippen molar-refractivity contribution in [2.75, 3.05) is 23.3 Å². The van der Waals surface area contributed by atoms with Crippen LogP contribution in [-0.4, -0.2) is 27.1 Å². The number of methoxy groups -OCH3 is 1. The lowest BCUT2D eigenvalue weighted by atomic mass is 10.0. The Morgan fingerprint density at radius 3 is 2.54 bits per heavy atom. The van der Waals surface area contributed by atoms with Gasteiger partial charge in [-0.1, -0.05) is 18.2 Å². The Balaban J connectivity index is 1.54. The van der Waals surface area contributed by atoms with Gasteiger partial charge in [0.2, 0.25) is 0 Å². The van der Waals surface area contributed by atoms with Crippen LogP contribution in [0.3, 0.4) is 0 Å². The van der Waals surface area contributed by atoms with Crippen LogP contribution < -0.4 is 14.4 Å². The average molecular weight is 395 g/mol. The number of hydrogen-bond acceptors (Lipinski definition) is 5. The van der Waals surface area contributed by atoms with Crippen LogP contribution >= 0.6 is 0 Å². The van der Waals surface area contributed by atoms with Crippen molar-refractivity contribution < 1.29 is 13.2 Å². The second-order valence-electron chi connectivity index (χ2n) is 6.57. The zero-order chi connectivity index (χ0) is 19.6. The molecule has 0 radical (unpaired) electrons. The van der Waals surface area contributed by atoms with Crippen molar-refractivity contribution in [2.45, 2.75) is 17.7 Å². The minimum absolute atomic E-state index is 0.169. The molecule has 144 valence electrons. The monoisotopic (exact) mass is 395 g/mol. The maximum Gasteiger partial charge on any atom is 0.261 e. The highest BCUT2D eigenvalue weighted by Crippen LogP contribution is 2.32. The van der Waals surface area contributed by atoms with E-state index in [2.05, 4.69) is 26.7 Å². The molecule has 7 heteroatoms. The summed E-state index contributed by atoms with van der Waals surface area (Å²) < 4.78 is 32.8. The zero-order valence-corrected chi connectivity index (χ0v) is 16.3. The lowest BCUT2D eigenvalue weighted by Crippen LogP contribution is -2.25. The molecule has 0 fully saturated rings. The second-order valence-corrected chi connectivity index (χ2v) is 8.25. The fraction of sp³-hybridized carbons (Fsp3) is 0.190. The van der Waals surface area contributed by atoms with Gasteiger partial charge in [-0.25, -0.2) is 13.4 Å². The standard InChI is InChI=1S/C21H21N3O3S/c1-27-18-9-11-19(12-10-18)28(25,26)23-17-8-13-21(22-15-17)24-14-4-6-16-5-2-3-7-20(16)24/h2-3,5,7-13,15,23H,4,6,14H2,1H3. The molecule has 1 aromatic heterocycles. The Labute approximate surface area is 164 Å². The van der Waals surface area contributed by atoms with Gasteiger partial charge in [0.1, 0.15) is 11.6 Å². The van der Waals surface area contributed by atoms with Crippen molar-refractivity contribution in [3.8, 4) is 5.75 Å². The van der Waals surface area contributed by atoms with E-state index in [0.29, 0.717) is 11.4 Å². The number of para-hydroxylation sites is 1. The van der Waals surface area contributed by atoms with Crippen molar-refractivity contribution in [3.63, 3.8) is 0 Å². The third-order valence-electron chi connectivity index (χ3n) is 4.76. The minimum Gasteiger partial charge on any atom is -0.497 e. The first kappa shape index (κ1) is 18.3. The largest absolute Gasteiger partial charge is 0.497 e. The van der Waals surface area contributed by atoms with Gasteiger partial charge in [0.25, 0.3) is 10.0 Å². The number of nitrogens with one attached hydrogen (secondary N) is 1. The highest BCUT2D eigenvalue weighted by atomic mass is 32.2. The molecule has 28 heavy (non-hydrogen) atoms. The van der Waals surface area contributed by atoms with E-state index in [-0.39, 0.29) is 4.90 Å². The summed E-state index contributed by atoms with van der Waals surface area (Å²) in [6.45, 7) is 0.890. The van der Waals surface area contributed by atoms with E-state index >= 15 is 0 Å². The molecule has 2 heterocycles. The maximum atomic E-state index is 12.6. The molecule has 4 rings (SSSR count). The molecule has 1 aliphatic rings. The summed E-state index contributed by atoms with van der Waals surface area (Å²) in [4.78, 5) is 6.82. The number of benzene rings is 2. The van der Waals surface area contributed by atoms with E-state index in [4.69, 9.17) is 4.74 Å². The molecular weight excluding hydrogens is 374 g/mol. The van der Waals surface area contributed by atoms with Crippen LogP contribution in [0.25, 0.3) is 0 Å². The lowest BCUT2D eigenvalue weighted by Gasteiger charge is -2.30. The third-order valence-corrected chi connectivity index (χ3v) is 6.15. The van der Waals surface area contributed by atoms with Crippen LogP contribution in [0.5, 0.6) is 5.75 Å². The minimum atomic E-state index is -3.68. The predicted octanol–water partition coefficient (Wildman–Crippen LogP) is 3.98. The van der Waals surface area contributed by atoms with Gasteiger partial charge >= 0.3 is 0 Å². The molecule has 2 aromatic carbocycles. The van der Waals surface area contributed by atoms with E-state index in [0.717, 1.165) is 30.9 Å². The fourth-order valence-electron chi connectivity index (χ4n) is 3.35. The molecule has 6 nitrogen and oxygen atoms in total. The van der Waals surface area contributed by atoms with Crippen LogP contribution in [0.4, 0.5) is 17.2 Å². The molecule has 0 amide bonds. The summed E-state index contributed by atoms with van der Waals surface area (Å²) in [7, 11) is -2.15. The normalized spacial score (nSPS) is 13.7. The van der Waals surface area contributed by atoms with Crippen molar-refractivity contribution in [1.29, 1.82) is 0 Å². The number of fused-ring (bicyclic) bond motifs is 1. The van der Waals surface area contributed by atoms with Crippen LogP contribution in [0.2, 0.25) is 0 Å². The molecule has 0 spiro atoms. The second kappa shape index (κ2) is 7.52. The van der Waals surface area contributed by atoms with Crippen molar-refractivity contribution in [3.05, 3.63) is 72.4 Å². The molecule has 0 atom stereocenters. The van der Waals surface area contributed by atoms with Crippen LogP contribution in [0, 0.1) is 0 Å². The number of pyridine rings is 1. The third kappa shape index (κ3) is 3.66. The van der Waals surface area contributed by atoms with Gasteiger partial charge in [-0.2, -0.15) is 0 Å². The van der Waals surface area contributed by atoms with Gasteiger partial charge in [0, 0.05) is 12.2 Å². The van der Waals surface area contributed by atoms with E-state index < -0.39 is 10.0 Å². The van der Waals surface area contributed by atoms with Crippen LogP contribution in [0.15, 0.2) is 71.8 Å². The predicted molar refractivity (Wildman–Crippen MR) is 110 cm³/mol. The topological polar surface area (TPSA) is 71.5 Å². The fourth-order valence-corrected chi connectivity index (χ4v) is 4.39. The highest BCUT2D eigenvalue weighted by Gasteiger charge is 2.19. The van der Waals surface area contributed by atoms with Crippen LogP contribution in [0.1, 0.15) is 12.0 Å². The molecule has 0 aliphatic carbocycles. The molecule has 0 saturated heterocycles. The Morgan fingerprint density at radius 1 is 1.04 bits per heavy atom.